The van der Waals surface area contributed by atoms with E-state index in [2.05, 4.69) is 15.3 Å². The first-order chi connectivity index (χ1) is 13.3. The van der Waals surface area contributed by atoms with E-state index in [1.54, 1.807) is 23.6 Å². The molecule has 0 saturated heterocycles. The van der Waals surface area contributed by atoms with E-state index in [0.717, 1.165) is 23.1 Å². The first kappa shape index (κ1) is 20.0. The van der Waals surface area contributed by atoms with Crippen LogP contribution in [0.4, 0.5) is 5.82 Å². The first-order valence-corrected chi connectivity index (χ1v) is 10.2. The summed E-state index contributed by atoms with van der Waals surface area (Å²) < 4.78 is 1.97. The summed E-state index contributed by atoms with van der Waals surface area (Å²) in [6.07, 6.45) is 0. The molecule has 11 heteroatoms. The molecular formula is C17H15N5O3S3. The number of carbonyl (C=O) groups is 2. The van der Waals surface area contributed by atoms with Crippen LogP contribution in [0.15, 0.2) is 46.3 Å². The number of aromatic nitrogens is 3. The van der Waals surface area contributed by atoms with Crippen LogP contribution in [0.3, 0.4) is 0 Å². The Morgan fingerprint density at radius 2 is 2.07 bits per heavy atom. The third-order valence-electron chi connectivity index (χ3n) is 3.49. The Morgan fingerprint density at radius 3 is 2.71 bits per heavy atom. The molecule has 0 fully saturated rings. The lowest BCUT2D eigenvalue weighted by Crippen LogP contribution is -2.21. The predicted octanol–water partition coefficient (Wildman–Crippen LogP) is 2.49. The summed E-state index contributed by atoms with van der Waals surface area (Å²) in [4.78, 5) is 42.7. The van der Waals surface area contributed by atoms with Gasteiger partial charge in [-0.3, -0.25) is 19.0 Å². The summed E-state index contributed by atoms with van der Waals surface area (Å²) in [7, 11) is 0. The second-order valence-electron chi connectivity index (χ2n) is 5.61. The van der Waals surface area contributed by atoms with Gasteiger partial charge >= 0.3 is 0 Å². The number of aryl methyl sites for hydroxylation is 1. The number of amides is 2. The summed E-state index contributed by atoms with van der Waals surface area (Å²) in [6, 6.07) is 10.5. The predicted molar refractivity (Wildman–Crippen MR) is 112 cm³/mol. The van der Waals surface area contributed by atoms with Gasteiger partial charge in [-0.05, 0) is 31.3 Å². The Hall–Kier alpha value is -2.76. The molecule has 28 heavy (non-hydrogen) atoms. The van der Waals surface area contributed by atoms with Crippen LogP contribution in [0.2, 0.25) is 0 Å². The van der Waals surface area contributed by atoms with Gasteiger partial charge in [0.15, 0.2) is 9.11 Å². The Bertz CT molecular complexity index is 1150. The topological polar surface area (TPSA) is 123 Å². The van der Waals surface area contributed by atoms with Crippen molar-refractivity contribution in [1.82, 2.24) is 14.5 Å². The molecule has 0 aliphatic rings. The number of carbonyl (C=O) groups excluding carboxylic acids is 2. The van der Waals surface area contributed by atoms with Gasteiger partial charge in [-0.25, -0.2) is 4.98 Å². The fourth-order valence-corrected chi connectivity index (χ4v) is 4.36. The maximum Gasteiger partial charge on any atom is 0.262 e. The lowest BCUT2D eigenvalue weighted by Gasteiger charge is -2.11. The fourth-order valence-electron chi connectivity index (χ4n) is 2.39. The van der Waals surface area contributed by atoms with E-state index < -0.39 is 11.8 Å². The number of H-pyrrole nitrogens is 1. The van der Waals surface area contributed by atoms with Crippen molar-refractivity contribution in [2.45, 2.75) is 12.1 Å². The van der Waals surface area contributed by atoms with Crippen molar-refractivity contribution >= 4 is 52.9 Å². The summed E-state index contributed by atoms with van der Waals surface area (Å²) in [5.41, 5.74) is 6.42. The molecule has 0 unspecified atom stereocenters. The van der Waals surface area contributed by atoms with Gasteiger partial charge in [0.05, 0.1) is 5.75 Å². The molecular weight excluding hydrogens is 418 g/mol. The lowest BCUT2D eigenvalue weighted by molar-refractivity contribution is -0.113. The number of aromatic amines is 1. The monoisotopic (exact) mass is 433 g/mol. The van der Waals surface area contributed by atoms with Crippen LogP contribution in [-0.4, -0.2) is 32.1 Å². The molecule has 144 valence electrons. The minimum Gasteiger partial charge on any atom is -0.365 e. The van der Waals surface area contributed by atoms with Crippen LogP contribution < -0.4 is 16.6 Å². The molecule has 0 aliphatic carbocycles. The van der Waals surface area contributed by atoms with Crippen molar-refractivity contribution in [1.29, 1.82) is 0 Å². The lowest BCUT2D eigenvalue weighted by atomic mass is 10.3. The molecule has 4 N–H and O–H groups in total. The Labute approximate surface area is 172 Å². The van der Waals surface area contributed by atoms with E-state index in [9.17, 15) is 14.4 Å². The first-order valence-electron chi connectivity index (χ1n) is 7.97. The van der Waals surface area contributed by atoms with Crippen LogP contribution in [0.1, 0.15) is 15.4 Å². The number of rotatable bonds is 6. The summed E-state index contributed by atoms with van der Waals surface area (Å²) in [5, 5.41) is 3.04. The number of anilines is 1. The number of thiazole rings is 1. The van der Waals surface area contributed by atoms with Crippen molar-refractivity contribution in [2.24, 2.45) is 5.73 Å². The Kier molecular flexibility index (Phi) is 6.07. The molecule has 3 aromatic rings. The third kappa shape index (κ3) is 4.55. The van der Waals surface area contributed by atoms with E-state index >= 15 is 0 Å². The average molecular weight is 434 g/mol. The molecule has 3 rings (SSSR count). The second-order valence-corrected chi connectivity index (χ2v) is 8.22. The van der Waals surface area contributed by atoms with Crippen LogP contribution in [0.25, 0.3) is 5.69 Å². The quantitative estimate of drug-likeness (QED) is 0.312. The van der Waals surface area contributed by atoms with Crippen molar-refractivity contribution in [2.75, 3.05) is 11.1 Å². The SMILES string of the molecule is Cc1cc(=O)[nH]c(SCC(=O)Nc2c(C(N)=O)sc(=S)n2-c2ccccc2)n1. The highest BCUT2D eigenvalue weighted by atomic mass is 32.2. The van der Waals surface area contributed by atoms with Gasteiger partial charge < -0.3 is 16.0 Å². The van der Waals surface area contributed by atoms with E-state index in [1.807, 2.05) is 18.2 Å². The zero-order chi connectivity index (χ0) is 20.3. The summed E-state index contributed by atoms with van der Waals surface area (Å²) in [6.45, 7) is 1.69. The van der Waals surface area contributed by atoms with Crippen LogP contribution in [-0.2, 0) is 4.79 Å². The fraction of sp³-hybridized carbons (Fsp3) is 0.118. The molecule has 8 nitrogen and oxygen atoms in total. The smallest absolute Gasteiger partial charge is 0.262 e. The highest BCUT2D eigenvalue weighted by Gasteiger charge is 2.20. The number of hydrogen-bond donors (Lipinski definition) is 3. The van der Waals surface area contributed by atoms with E-state index in [1.165, 1.54) is 6.07 Å². The summed E-state index contributed by atoms with van der Waals surface area (Å²) in [5.74, 6) is -0.875. The van der Waals surface area contributed by atoms with Gasteiger partial charge in [0, 0.05) is 17.4 Å². The maximum atomic E-state index is 12.5. The Balaban J connectivity index is 1.86. The normalized spacial score (nSPS) is 10.6. The average Bonchev–Trinajstić information content (AvgIpc) is 2.96. The minimum absolute atomic E-state index is 0.0258. The molecule has 0 bridgehead atoms. The molecule has 0 radical (unpaired) electrons. The van der Waals surface area contributed by atoms with Gasteiger partial charge in [-0.15, -0.1) is 0 Å². The molecule has 0 aliphatic heterocycles. The van der Waals surface area contributed by atoms with Crippen LogP contribution >= 0.6 is 35.3 Å². The van der Waals surface area contributed by atoms with Gasteiger partial charge in [0.2, 0.25) is 5.91 Å². The zero-order valence-corrected chi connectivity index (χ0v) is 17.0. The van der Waals surface area contributed by atoms with Crippen molar-refractivity contribution in [3.8, 4) is 5.69 Å². The van der Waals surface area contributed by atoms with Gasteiger partial charge in [0.25, 0.3) is 11.5 Å². The number of benzene rings is 1. The largest absolute Gasteiger partial charge is 0.365 e. The number of thioether (sulfide) groups is 1. The molecule has 2 heterocycles. The van der Waals surface area contributed by atoms with Gasteiger partial charge in [-0.2, -0.15) is 0 Å². The standard InChI is InChI=1S/C17H15N5O3S3/c1-9-7-11(23)21-16(19-9)27-8-12(24)20-15-13(14(18)25)28-17(26)22(15)10-5-3-2-4-6-10/h2-7H,8H2,1H3,(H2,18,25)(H,20,24)(H,19,21,23). The molecule has 2 aromatic heterocycles. The minimum atomic E-state index is -0.682. The number of primary amides is 1. The molecule has 1 aromatic carbocycles. The van der Waals surface area contributed by atoms with Crippen molar-refractivity contribution in [3.05, 3.63) is 61.3 Å². The van der Waals surface area contributed by atoms with Crippen molar-refractivity contribution < 1.29 is 9.59 Å². The molecule has 0 atom stereocenters. The number of nitrogens with two attached hydrogens (primary N) is 1. The second kappa shape index (κ2) is 8.50. The molecule has 2 amide bonds. The highest BCUT2D eigenvalue weighted by Crippen LogP contribution is 2.28. The van der Waals surface area contributed by atoms with Crippen LogP contribution in [0.5, 0.6) is 0 Å². The maximum absolute atomic E-state index is 12.5. The van der Waals surface area contributed by atoms with E-state index in [-0.39, 0.29) is 22.0 Å². The number of nitrogens with one attached hydrogen (secondary N) is 2. The number of nitrogens with zero attached hydrogens (tertiary/aromatic N) is 2. The van der Waals surface area contributed by atoms with E-state index in [4.69, 9.17) is 18.0 Å². The highest BCUT2D eigenvalue weighted by molar-refractivity contribution is 7.99. The molecule has 0 saturated carbocycles. The van der Waals surface area contributed by atoms with Crippen LogP contribution in [0, 0.1) is 10.9 Å². The number of hydrogen-bond acceptors (Lipinski definition) is 7. The Morgan fingerprint density at radius 1 is 1.36 bits per heavy atom. The third-order valence-corrected chi connectivity index (χ3v) is 5.76. The molecule has 0 spiro atoms. The number of para-hydroxylation sites is 1. The van der Waals surface area contributed by atoms with Crippen molar-refractivity contribution in [3.63, 3.8) is 0 Å². The van der Waals surface area contributed by atoms with E-state index in [0.29, 0.717) is 20.5 Å². The zero-order valence-electron chi connectivity index (χ0n) is 14.6. The van der Waals surface area contributed by atoms with Gasteiger partial charge in [0.1, 0.15) is 10.7 Å². The summed E-state index contributed by atoms with van der Waals surface area (Å²) >= 11 is 7.45. The van der Waals surface area contributed by atoms with Gasteiger partial charge in [-0.1, -0.05) is 41.3 Å².